The van der Waals surface area contributed by atoms with Gasteiger partial charge in [-0.1, -0.05) is 54.6 Å². The standard InChI is InChI=1S/C21H21NO/c1-22-14-17-11-20(18-5-3-2-4-6-18)13-21(12-17)19-9-7-16(15-23)8-10-19/h2-13,22-23H,14-15H2,1H3. The van der Waals surface area contributed by atoms with Crippen molar-refractivity contribution >= 4 is 0 Å². The first-order valence-corrected chi connectivity index (χ1v) is 7.84. The Kier molecular flexibility index (Phi) is 4.86. The smallest absolute Gasteiger partial charge is 0.0681 e. The molecule has 0 saturated carbocycles. The summed E-state index contributed by atoms with van der Waals surface area (Å²) in [6.07, 6.45) is 0. The van der Waals surface area contributed by atoms with Crippen molar-refractivity contribution in [3.05, 3.63) is 83.9 Å². The molecule has 0 unspecified atom stereocenters. The second kappa shape index (κ2) is 7.23. The first-order chi connectivity index (χ1) is 11.3. The van der Waals surface area contributed by atoms with Crippen LogP contribution in [0.4, 0.5) is 0 Å². The zero-order valence-electron chi connectivity index (χ0n) is 13.3. The number of aliphatic hydroxyl groups excluding tert-OH is 1. The molecule has 0 radical (unpaired) electrons. The van der Waals surface area contributed by atoms with Gasteiger partial charge in [0, 0.05) is 6.54 Å². The third-order valence-corrected chi connectivity index (χ3v) is 3.95. The van der Waals surface area contributed by atoms with Gasteiger partial charge in [-0.15, -0.1) is 0 Å². The third kappa shape index (κ3) is 3.67. The molecule has 0 spiro atoms. The summed E-state index contributed by atoms with van der Waals surface area (Å²) in [7, 11) is 1.96. The average Bonchev–Trinajstić information content (AvgIpc) is 2.62. The largest absolute Gasteiger partial charge is 0.392 e. The number of hydrogen-bond acceptors (Lipinski definition) is 2. The van der Waals surface area contributed by atoms with Crippen LogP contribution in [0, 0.1) is 0 Å². The molecule has 0 amide bonds. The van der Waals surface area contributed by atoms with E-state index in [1.165, 1.54) is 22.3 Å². The zero-order valence-corrected chi connectivity index (χ0v) is 13.3. The molecule has 0 aliphatic heterocycles. The van der Waals surface area contributed by atoms with Gasteiger partial charge in [0.2, 0.25) is 0 Å². The normalized spacial score (nSPS) is 10.7. The third-order valence-electron chi connectivity index (χ3n) is 3.95. The van der Waals surface area contributed by atoms with Crippen LogP contribution in [-0.4, -0.2) is 12.2 Å². The van der Waals surface area contributed by atoms with E-state index in [9.17, 15) is 5.11 Å². The van der Waals surface area contributed by atoms with E-state index in [0.717, 1.165) is 17.7 Å². The van der Waals surface area contributed by atoms with Gasteiger partial charge in [0.1, 0.15) is 0 Å². The van der Waals surface area contributed by atoms with Gasteiger partial charge in [-0.05, 0) is 58.6 Å². The first kappa shape index (κ1) is 15.5. The minimum Gasteiger partial charge on any atom is -0.392 e. The molecule has 2 nitrogen and oxygen atoms in total. The van der Waals surface area contributed by atoms with Crippen molar-refractivity contribution in [3.8, 4) is 22.3 Å². The van der Waals surface area contributed by atoms with E-state index in [-0.39, 0.29) is 6.61 Å². The molecule has 3 aromatic carbocycles. The molecule has 2 N–H and O–H groups in total. The van der Waals surface area contributed by atoms with Crippen LogP contribution in [0.3, 0.4) is 0 Å². The average molecular weight is 303 g/mol. The Balaban J connectivity index is 2.06. The summed E-state index contributed by atoms with van der Waals surface area (Å²) in [5.41, 5.74) is 7.00. The summed E-state index contributed by atoms with van der Waals surface area (Å²) >= 11 is 0. The fraction of sp³-hybridized carbons (Fsp3) is 0.143. The Morgan fingerprint density at radius 1 is 0.696 bits per heavy atom. The topological polar surface area (TPSA) is 32.3 Å². The maximum atomic E-state index is 9.20. The van der Waals surface area contributed by atoms with Crippen LogP contribution >= 0.6 is 0 Å². The van der Waals surface area contributed by atoms with E-state index in [1.807, 2.05) is 25.2 Å². The summed E-state index contributed by atoms with van der Waals surface area (Å²) in [6.45, 7) is 0.914. The van der Waals surface area contributed by atoms with E-state index in [0.29, 0.717) is 0 Å². The molecular formula is C21H21NO. The van der Waals surface area contributed by atoms with Crippen LogP contribution in [0.2, 0.25) is 0 Å². The Morgan fingerprint density at radius 2 is 1.30 bits per heavy atom. The van der Waals surface area contributed by atoms with Crippen LogP contribution in [-0.2, 0) is 13.2 Å². The van der Waals surface area contributed by atoms with Crippen molar-refractivity contribution in [2.45, 2.75) is 13.2 Å². The quantitative estimate of drug-likeness (QED) is 0.739. The SMILES string of the molecule is CNCc1cc(-c2ccccc2)cc(-c2ccc(CO)cc2)c1. The molecule has 23 heavy (non-hydrogen) atoms. The second-order valence-electron chi connectivity index (χ2n) is 5.67. The first-order valence-electron chi connectivity index (χ1n) is 7.84. The Labute approximate surface area is 137 Å². The molecule has 0 aliphatic carbocycles. The molecule has 0 atom stereocenters. The van der Waals surface area contributed by atoms with Gasteiger partial charge >= 0.3 is 0 Å². The van der Waals surface area contributed by atoms with Gasteiger partial charge in [0.15, 0.2) is 0 Å². The number of aliphatic hydroxyl groups is 1. The van der Waals surface area contributed by atoms with Gasteiger partial charge < -0.3 is 10.4 Å². The van der Waals surface area contributed by atoms with Gasteiger partial charge in [0.25, 0.3) is 0 Å². The van der Waals surface area contributed by atoms with Gasteiger partial charge in [0.05, 0.1) is 6.61 Å². The van der Waals surface area contributed by atoms with Gasteiger partial charge in [-0.25, -0.2) is 0 Å². The highest BCUT2D eigenvalue weighted by Crippen LogP contribution is 2.28. The minimum absolute atomic E-state index is 0.0787. The number of benzene rings is 3. The van der Waals surface area contributed by atoms with Crippen molar-refractivity contribution in [2.75, 3.05) is 7.05 Å². The lowest BCUT2D eigenvalue weighted by molar-refractivity contribution is 0.282. The van der Waals surface area contributed by atoms with E-state index < -0.39 is 0 Å². The molecule has 3 rings (SSSR count). The monoisotopic (exact) mass is 303 g/mol. The molecule has 2 heteroatoms. The molecule has 0 aromatic heterocycles. The highest BCUT2D eigenvalue weighted by atomic mass is 16.3. The molecule has 0 aliphatic rings. The van der Waals surface area contributed by atoms with E-state index >= 15 is 0 Å². The van der Waals surface area contributed by atoms with Crippen LogP contribution < -0.4 is 5.32 Å². The Bertz CT molecular complexity index is 764. The lowest BCUT2D eigenvalue weighted by Gasteiger charge is -2.11. The second-order valence-corrected chi connectivity index (χ2v) is 5.67. The van der Waals surface area contributed by atoms with Crippen LogP contribution in [0.5, 0.6) is 0 Å². The highest BCUT2D eigenvalue weighted by Gasteiger charge is 2.05. The lowest BCUT2D eigenvalue weighted by atomic mass is 9.95. The van der Waals surface area contributed by atoms with Crippen molar-refractivity contribution in [2.24, 2.45) is 0 Å². The van der Waals surface area contributed by atoms with Gasteiger partial charge in [-0.3, -0.25) is 0 Å². The molecule has 3 aromatic rings. The Hall–Kier alpha value is -2.42. The summed E-state index contributed by atoms with van der Waals surface area (Å²) < 4.78 is 0. The molecule has 0 fully saturated rings. The van der Waals surface area contributed by atoms with E-state index in [4.69, 9.17) is 0 Å². The molecular weight excluding hydrogens is 282 g/mol. The maximum absolute atomic E-state index is 9.20. The summed E-state index contributed by atoms with van der Waals surface area (Å²) in [4.78, 5) is 0. The number of nitrogens with one attached hydrogen (secondary N) is 1. The minimum atomic E-state index is 0.0787. The summed E-state index contributed by atoms with van der Waals surface area (Å²) in [5, 5.41) is 12.4. The van der Waals surface area contributed by atoms with E-state index in [2.05, 4.69) is 59.9 Å². The highest BCUT2D eigenvalue weighted by molar-refractivity contribution is 5.74. The number of rotatable bonds is 5. The van der Waals surface area contributed by atoms with Crippen molar-refractivity contribution < 1.29 is 5.11 Å². The molecule has 0 heterocycles. The van der Waals surface area contributed by atoms with Gasteiger partial charge in [-0.2, -0.15) is 0 Å². The maximum Gasteiger partial charge on any atom is 0.0681 e. The van der Waals surface area contributed by atoms with Crippen LogP contribution in [0.15, 0.2) is 72.8 Å². The van der Waals surface area contributed by atoms with Crippen molar-refractivity contribution in [1.29, 1.82) is 0 Å². The predicted molar refractivity (Wildman–Crippen MR) is 96.0 cm³/mol. The molecule has 0 bridgehead atoms. The summed E-state index contributed by atoms with van der Waals surface area (Å²) in [5.74, 6) is 0. The van der Waals surface area contributed by atoms with E-state index in [1.54, 1.807) is 0 Å². The zero-order chi connectivity index (χ0) is 16.1. The fourth-order valence-corrected chi connectivity index (χ4v) is 2.76. The predicted octanol–water partition coefficient (Wildman–Crippen LogP) is 4.23. The Morgan fingerprint density at radius 3 is 1.87 bits per heavy atom. The molecule has 0 saturated heterocycles. The van der Waals surface area contributed by atoms with Crippen molar-refractivity contribution in [1.82, 2.24) is 5.32 Å². The lowest BCUT2D eigenvalue weighted by Crippen LogP contribution is -2.05. The fourth-order valence-electron chi connectivity index (χ4n) is 2.76. The van der Waals surface area contributed by atoms with Crippen molar-refractivity contribution in [3.63, 3.8) is 0 Å². The number of hydrogen-bond donors (Lipinski definition) is 2. The van der Waals surface area contributed by atoms with Crippen LogP contribution in [0.1, 0.15) is 11.1 Å². The van der Waals surface area contributed by atoms with Crippen LogP contribution in [0.25, 0.3) is 22.3 Å². The molecule has 116 valence electrons. The summed E-state index contributed by atoms with van der Waals surface area (Å²) in [6, 6.07) is 25.2.